The van der Waals surface area contributed by atoms with Crippen LogP contribution in [0.5, 0.6) is 5.75 Å². The summed E-state index contributed by atoms with van der Waals surface area (Å²) in [5.74, 6) is -0.587. The van der Waals surface area contributed by atoms with Gasteiger partial charge in [0.15, 0.2) is 12.7 Å². The van der Waals surface area contributed by atoms with E-state index in [1.165, 1.54) is 13.0 Å². The number of carbonyl (C=O) groups is 2. The molecular formula is C18H19NO6. The number of esters is 1. The van der Waals surface area contributed by atoms with Crippen LogP contribution in [0, 0.1) is 6.92 Å². The first-order valence-corrected chi connectivity index (χ1v) is 8.09. The van der Waals surface area contributed by atoms with Gasteiger partial charge >= 0.3 is 11.6 Å². The summed E-state index contributed by atoms with van der Waals surface area (Å²) in [6, 6.07) is 6.58. The van der Waals surface area contributed by atoms with E-state index in [9.17, 15) is 14.4 Å². The van der Waals surface area contributed by atoms with Crippen LogP contribution in [0.4, 0.5) is 0 Å². The van der Waals surface area contributed by atoms with Crippen molar-refractivity contribution in [2.75, 3.05) is 6.61 Å². The van der Waals surface area contributed by atoms with E-state index in [0.717, 1.165) is 23.8 Å². The Morgan fingerprint density at radius 2 is 2.08 bits per heavy atom. The molecule has 3 rings (SSSR count). The molecular weight excluding hydrogens is 326 g/mol. The smallest absolute Gasteiger partial charge is 0.344 e. The highest BCUT2D eigenvalue weighted by atomic mass is 16.6. The Kier molecular flexibility index (Phi) is 4.74. The summed E-state index contributed by atoms with van der Waals surface area (Å²) < 4.78 is 15.5. The molecule has 1 fully saturated rings. The zero-order chi connectivity index (χ0) is 18.0. The van der Waals surface area contributed by atoms with Gasteiger partial charge in [-0.05, 0) is 44.4 Å². The normalized spacial score (nSPS) is 14.8. The van der Waals surface area contributed by atoms with Gasteiger partial charge in [-0.15, -0.1) is 0 Å². The summed E-state index contributed by atoms with van der Waals surface area (Å²) in [7, 11) is 0. The zero-order valence-corrected chi connectivity index (χ0v) is 14.0. The third-order valence-corrected chi connectivity index (χ3v) is 3.88. The minimum Gasteiger partial charge on any atom is -0.482 e. The van der Waals surface area contributed by atoms with Gasteiger partial charge in [-0.25, -0.2) is 9.59 Å². The minimum atomic E-state index is -0.867. The van der Waals surface area contributed by atoms with Crippen molar-refractivity contribution in [3.63, 3.8) is 0 Å². The number of aryl methyl sites for hydroxylation is 1. The molecule has 1 aliphatic carbocycles. The van der Waals surface area contributed by atoms with Crippen LogP contribution in [0.25, 0.3) is 11.0 Å². The number of fused-ring (bicyclic) bond motifs is 1. The van der Waals surface area contributed by atoms with Gasteiger partial charge in [0.25, 0.3) is 5.91 Å². The van der Waals surface area contributed by atoms with E-state index in [1.807, 2.05) is 6.92 Å². The Morgan fingerprint density at radius 1 is 1.32 bits per heavy atom. The first kappa shape index (κ1) is 17.0. The highest BCUT2D eigenvalue weighted by molar-refractivity contribution is 5.84. The van der Waals surface area contributed by atoms with Crippen molar-refractivity contribution in [3.05, 3.63) is 40.2 Å². The van der Waals surface area contributed by atoms with Gasteiger partial charge in [-0.3, -0.25) is 4.79 Å². The molecule has 0 saturated heterocycles. The Morgan fingerprint density at radius 3 is 2.80 bits per heavy atom. The zero-order valence-electron chi connectivity index (χ0n) is 14.0. The largest absolute Gasteiger partial charge is 0.482 e. The monoisotopic (exact) mass is 345 g/mol. The Labute approximate surface area is 143 Å². The van der Waals surface area contributed by atoms with Gasteiger partial charge in [-0.1, -0.05) is 0 Å². The molecule has 0 unspecified atom stereocenters. The lowest BCUT2D eigenvalue weighted by Gasteiger charge is -2.13. The average molecular weight is 345 g/mol. The Hall–Kier alpha value is -2.83. The summed E-state index contributed by atoms with van der Waals surface area (Å²) in [6.07, 6.45) is 1.06. The first-order valence-electron chi connectivity index (χ1n) is 8.09. The molecule has 7 nitrogen and oxygen atoms in total. The highest BCUT2D eigenvalue weighted by Crippen LogP contribution is 2.22. The molecule has 1 aromatic carbocycles. The first-order chi connectivity index (χ1) is 11.9. The van der Waals surface area contributed by atoms with Crippen LogP contribution in [0.15, 0.2) is 33.5 Å². The SMILES string of the molecule is Cc1cc(=O)oc2cc(OCC(=O)O[C@H](C)C(=O)NC3CC3)ccc12. The third-order valence-electron chi connectivity index (χ3n) is 3.88. The van der Waals surface area contributed by atoms with Crippen molar-refractivity contribution >= 4 is 22.8 Å². The fourth-order valence-corrected chi connectivity index (χ4v) is 2.37. The Bertz CT molecular complexity index is 867. The van der Waals surface area contributed by atoms with E-state index < -0.39 is 17.7 Å². The second kappa shape index (κ2) is 6.96. The predicted molar refractivity (Wildman–Crippen MR) is 89.4 cm³/mol. The maximum atomic E-state index is 11.8. The van der Waals surface area contributed by atoms with Crippen molar-refractivity contribution in [2.24, 2.45) is 0 Å². The standard InChI is InChI=1S/C18H19NO6/c1-10-7-16(20)25-15-8-13(5-6-14(10)15)23-9-17(21)24-11(2)18(22)19-12-3-4-12/h5-8,11-12H,3-4,9H2,1-2H3,(H,19,22)/t11-/m1/s1. The number of hydrogen-bond acceptors (Lipinski definition) is 6. The molecule has 7 heteroatoms. The number of hydrogen-bond donors (Lipinski definition) is 1. The molecule has 1 aromatic heterocycles. The van der Waals surface area contributed by atoms with E-state index in [4.69, 9.17) is 13.9 Å². The molecule has 1 saturated carbocycles. The molecule has 132 valence electrons. The molecule has 0 radical (unpaired) electrons. The number of nitrogens with one attached hydrogen (secondary N) is 1. The number of ether oxygens (including phenoxy) is 2. The third kappa shape index (κ3) is 4.37. The summed E-state index contributed by atoms with van der Waals surface area (Å²) >= 11 is 0. The van der Waals surface area contributed by atoms with Gasteiger partial charge in [0.05, 0.1) is 0 Å². The van der Waals surface area contributed by atoms with Crippen LogP contribution in [0.1, 0.15) is 25.3 Å². The van der Waals surface area contributed by atoms with Crippen molar-refractivity contribution < 1.29 is 23.5 Å². The van der Waals surface area contributed by atoms with E-state index >= 15 is 0 Å². The molecule has 0 aliphatic heterocycles. The molecule has 1 heterocycles. The van der Waals surface area contributed by atoms with Crippen LogP contribution in [-0.4, -0.2) is 30.6 Å². The Balaban J connectivity index is 1.57. The lowest BCUT2D eigenvalue weighted by atomic mass is 10.1. The van der Waals surface area contributed by atoms with Crippen LogP contribution < -0.4 is 15.7 Å². The second-order valence-corrected chi connectivity index (χ2v) is 6.11. The molecule has 0 bridgehead atoms. The van der Waals surface area contributed by atoms with Gasteiger partial charge in [0.1, 0.15) is 11.3 Å². The number of rotatable bonds is 6. The summed E-state index contributed by atoms with van der Waals surface area (Å²) in [5.41, 5.74) is 0.734. The van der Waals surface area contributed by atoms with Crippen molar-refractivity contribution in [1.82, 2.24) is 5.32 Å². The lowest BCUT2D eigenvalue weighted by Crippen LogP contribution is -2.37. The minimum absolute atomic E-state index is 0.209. The van der Waals surface area contributed by atoms with Crippen LogP contribution in [0.2, 0.25) is 0 Å². The van der Waals surface area contributed by atoms with Crippen molar-refractivity contribution in [1.29, 1.82) is 0 Å². The molecule has 1 atom stereocenters. The molecule has 25 heavy (non-hydrogen) atoms. The summed E-state index contributed by atoms with van der Waals surface area (Å²) in [5, 5.41) is 3.56. The van der Waals surface area contributed by atoms with Gasteiger partial charge < -0.3 is 19.2 Å². The van der Waals surface area contributed by atoms with Crippen molar-refractivity contribution in [3.8, 4) is 5.75 Å². The average Bonchev–Trinajstić information content (AvgIpc) is 3.36. The molecule has 2 aromatic rings. The highest BCUT2D eigenvalue weighted by Gasteiger charge is 2.27. The van der Waals surface area contributed by atoms with Gasteiger partial charge in [0, 0.05) is 23.6 Å². The number of benzene rings is 1. The topological polar surface area (TPSA) is 94.8 Å². The second-order valence-electron chi connectivity index (χ2n) is 6.11. The van der Waals surface area contributed by atoms with Crippen LogP contribution in [-0.2, 0) is 14.3 Å². The predicted octanol–water partition coefficient (Wildman–Crippen LogP) is 1.69. The quantitative estimate of drug-likeness (QED) is 0.632. The molecule has 1 amide bonds. The maximum absolute atomic E-state index is 11.8. The molecule has 1 aliphatic rings. The summed E-state index contributed by atoms with van der Waals surface area (Å²) in [4.78, 5) is 35.0. The van der Waals surface area contributed by atoms with E-state index in [0.29, 0.717) is 11.3 Å². The van der Waals surface area contributed by atoms with Gasteiger partial charge in [0.2, 0.25) is 0 Å². The van der Waals surface area contributed by atoms with Gasteiger partial charge in [-0.2, -0.15) is 0 Å². The molecule has 0 spiro atoms. The van der Waals surface area contributed by atoms with Crippen molar-refractivity contribution in [2.45, 2.75) is 38.8 Å². The lowest BCUT2D eigenvalue weighted by molar-refractivity contribution is -0.156. The van der Waals surface area contributed by atoms with Crippen LogP contribution in [0.3, 0.4) is 0 Å². The van der Waals surface area contributed by atoms with E-state index in [-0.39, 0.29) is 18.6 Å². The summed E-state index contributed by atoms with van der Waals surface area (Å²) in [6.45, 7) is 2.98. The number of carbonyl (C=O) groups excluding carboxylic acids is 2. The van der Waals surface area contributed by atoms with E-state index in [2.05, 4.69) is 5.32 Å². The molecule has 1 N–H and O–H groups in total. The fraction of sp³-hybridized carbons (Fsp3) is 0.389. The fourth-order valence-electron chi connectivity index (χ4n) is 2.37. The maximum Gasteiger partial charge on any atom is 0.344 e. The van der Waals surface area contributed by atoms with Crippen LogP contribution >= 0.6 is 0 Å². The van der Waals surface area contributed by atoms with E-state index in [1.54, 1.807) is 18.2 Å². The number of amides is 1.